The second-order valence-electron chi connectivity index (χ2n) is 5.49. The number of thiocarbonyl (C=S) groups is 1. The number of benzene rings is 2. The molecule has 0 unspecified atom stereocenters. The fraction of sp³-hybridized carbons (Fsp3) is 0.235. The van der Waals surface area contributed by atoms with Gasteiger partial charge in [-0.15, -0.1) is 0 Å². The zero-order chi connectivity index (χ0) is 17.0. The van der Waals surface area contributed by atoms with Gasteiger partial charge in [0.15, 0.2) is 14.9 Å². The lowest BCUT2D eigenvalue weighted by atomic mass is 10.1. The van der Waals surface area contributed by atoms with Gasteiger partial charge in [0.05, 0.1) is 4.90 Å². The highest BCUT2D eigenvalue weighted by Gasteiger charge is 2.07. The van der Waals surface area contributed by atoms with Crippen molar-refractivity contribution in [2.24, 2.45) is 0 Å². The quantitative estimate of drug-likeness (QED) is 0.831. The van der Waals surface area contributed by atoms with E-state index in [-0.39, 0.29) is 0 Å². The van der Waals surface area contributed by atoms with E-state index in [4.69, 9.17) is 12.2 Å². The smallest absolute Gasteiger partial charge is 0.175 e. The molecule has 0 fully saturated rings. The van der Waals surface area contributed by atoms with Crippen molar-refractivity contribution in [3.63, 3.8) is 0 Å². The summed E-state index contributed by atoms with van der Waals surface area (Å²) in [6.45, 7) is 4.59. The van der Waals surface area contributed by atoms with Crippen LogP contribution in [0.2, 0.25) is 0 Å². The Balaban J connectivity index is 1.97. The average molecular weight is 348 g/mol. The van der Waals surface area contributed by atoms with E-state index in [0.717, 1.165) is 22.4 Å². The van der Waals surface area contributed by atoms with Gasteiger partial charge in [-0.05, 0) is 54.9 Å². The van der Waals surface area contributed by atoms with Crippen molar-refractivity contribution in [3.8, 4) is 0 Å². The molecule has 0 aliphatic carbocycles. The van der Waals surface area contributed by atoms with Crippen LogP contribution in [0.3, 0.4) is 0 Å². The second kappa shape index (κ2) is 7.10. The molecule has 2 aromatic rings. The maximum Gasteiger partial charge on any atom is 0.175 e. The van der Waals surface area contributed by atoms with Gasteiger partial charge in [0.1, 0.15) is 0 Å². The minimum atomic E-state index is -3.16. The van der Waals surface area contributed by atoms with Crippen LogP contribution in [0.25, 0.3) is 0 Å². The van der Waals surface area contributed by atoms with Gasteiger partial charge >= 0.3 is 0 Å². The summed E-state index contributed by atoms with van der Waals surface area (Å²) >= 11 is 5.32. The molecule has 0 heterocycles. The van der Waals surface area contributed by atoms with Crippen molar-refractivity contribution in [2.75, 3.05) is 11.6 Å². The first-order valence-corrected chi connectivity index (χ1v) is 9.47. The van der Waals surface area contributed by atoms with Gasteiger partial charge < -0.3 is 10.6 Å². The Morgan fingerprint density at radius 3 is 2.13 bits per heavy atom. The van der Waals surface area contributed by atoms with Crippen molar-refractivity contribution in [1.29, 1.82) is 0 Å². The first-order chi connectivity index (χ1) is 10.8. The molecule has 2 aromatic carbocycles. The van der Waals surface area contributed by atoms with Crippen molar-refractivity contribution in [1.82, 2.24) is 5.32 Å². The Hall–Kier alpha value is -1.92. The fourth-order valence-corrected chi connectivity index (χ4v) is 3.01. The molecule has 0 spiro atoms. The van der Waals surface area contributed by atoms with E-state index in [1.54, 1.807) is 24.3 Å². The maximum atomic E-state index is 11.4. The van der Waals surface area contributed by atoms with E-state index in [2.05, 4.69) is 10.6 Å². The summed E-state index contributed by atoms with van der Waals surface area (Å²) in [6, 6.07) is 12.8. The van der Waals surface area contributed by atoms with Gasteiger partial charge in [-0.2, -0.15) is 0 Å². The molecule has 2 N–H and O–H groups in total. The van der Waals surface area contributed by atoms with Gasteiger partial charge in [-0.25, -0.2) is 8.42 Å². The SMILES string of the molecule is Cc1cccc(C)c1NC(=S)NCc1ccc(S(C)(=O)=O)cc1. The lowest BCUT2D eigenvalue weighted by Crippen LogP contribution is -2.28. The molecule has 6 heteroatoms. The lowest BCUT2D eigenvalue weighted by molar-refractivity contribution is 0.602. The number of rotatable bonds is 4. The van der Waals surface area contributed by atoms with Crippen LogP contribution in [0.5, 0.6) is 0 Å². The zero-order valence-electron chi connectivity index (χ0n) is 13.4. The van der Waals surface area contributed by atoms with Crippen LogP contribution in [-0.4, -0.2) is 19.8 Å². The van der Waals surface area contributed by atoms with Crippen molar-refractivity contribution in [2.45, 2.75) is 25.3 Å². The van der Waals surface area contributed by atoms with E-state index in [1.165, 1.54) is 6.26 Å². The molecule has 23 heavy (non-hydrogen) atoms. The predicted molar refractivity (Wildman–Crippen MR) is 98.5 cm³/mol. The van der Waals surface area contributed by atoms with Crippen LogP contribution in [0, 0.1) is 13.8 Å². The van der Waals surface area contributed by atoms with E-state index in [1.807, 2.05) is 32.0 Å². The molecule has 0 amide bonds. The molecule has 0 saturated heterocycles. The largest absolute Gasteiger partial charge is 0.358 e. The highest BCUT2D eigenvalue weighted by Crippen LogP contribution is 2.19. The fourth-order valence-electron chi connectivity index (χ4n) is 2.21. The Morgan fingerprint density at radius 2 is 1.61 bits per heavy atom. The summed E-state index contributed by atoms with van der Waals surface area (Å²) in [7, 11) is -3.16. The molecule has 0 aliphatic rings. The van der Waals surface area contributed by atoms with Crippen LogP contribution in [0.4, 0.5) is 5.69 Å². The molecule has 2 rings (SSSR count). The summed E-state index contributed by atoms with van der Waals surface area (Å²) in [5.41, 5.74) is 4.23. The van der Waals surface area contributed by atoms with Gasteiger partial charge in [0.25, 0.3) is 0 Å². The summed E-state index contributed by atoms with van der Waals surface area (Å²) in [6.07, 6.45) is 1.20. The van der Waals surface area contributed by atoms with Crippen LogP contribution in [-0.2, 0) is 16.4 Å². The molecule has 4 nitrogen and oxygen atoms in total. The third-order valence-electron chi connectivity index (χ3n) is 3.52. The summed E-state index contributed by atoms with van der Waals surface area (Å²) in [5.74, 6) is 0. The highest BCUT2D eigenvalue weighted by molar-refractivity contribution is 7.90. The van der Waals surface area contributed by atoms with Gasteiger partial charge in [0, 0.05) is 18.5 Å². The number of para-hydroxylation sites is 1. The van der Waals surface area contributed by atoms with E-state index in [0.29, 0.717) is 16.6 Å². The van der Waals surface area contributed by atoms with Crippen molar-refractivity contribution < 1.29 is 8.42 Å². The lowest BCUT2D eigenvalue weighted by Gasteiger charge is -2.14. The van der Waals surface area contributed by atoms with Gasteiger partial charge in [-0.3, -0.25) is 0 Å². The Morgan fingerprint density at radius 1 is 1.04 bits per heavy atom. The zero-order valence-corrected chi connectivity index (χ0v) is 15.0. The standard InChI is InChI=1S/C17H20N2O2S2/c1-12-5-4-6-13(2)16(12)19-17(22)18-11-14-7-9-15(10-8-14)23(3,20)21/h4-10H,11H2,1-3H3,(H2,18,19,22). The average Bonchev–Trinajstić information content (AvgIpc) is 2.48. The highest BCUT2D eigenvalue weighted by atomic mass is 32.2. The molecule has 0 radical (unpaired) electrons. The van der Waals surface area contributed by atoms with E-state index in [9.17, 15) is 8.42 Å². The Kier molecular flexibility index (Phi) is 5.38. The Labute approximate surface area is 142 Å². The molecular formula is C17H20N2O2S2. The molecule has 0 bridgehead atoms. The number of anilines is 1. The maximum absolute atomic E-state index is 11.4. The number of hydrogen-bond acceptors (Lipinski definition) is 3. The molecule has 0 aliphatic heterocycles. The molecule has 122 valence electrons. The summed E-state index contributed by atoms with van der Waals surface area (Å²) < 4.78 is 22.9. The minimum Gasteiger partial charge on any atom is -0.358 e. The molecular weight excluding hydrogens is 328 g/mol. The number of hydrogen-bond donors (Lipinski definition) is 2. The molecule has 0 aromatic heterocycles. The van der Waals surface area contributed by atoms with E-state index < -0.39 is 9.84 Å². The number of nitrogens with one attached hydrogen (secondary N) is 2. The monoisotopic (exact) mass is 348 g/mol. The first-order valence-electron chi connectivity index (χ1n) is 7.17. The summed E-state index contributed by atoms with van der Waals surface area (Å²) in [5, 5.41) is 6.88. The van der Waals surface area contributed by atoms with Crippen LogP contribution in [0.15, 0.2) is 47.4 Å². The first kappa shape index (κ1) is 17.4. The topological polar surface area (TPSA) is 58.2 Å². The molecule has 0 saturated carbocycles. The van der Waals surface area contributed by atoms with E-state index >= 15 is 0 Å². The summed E-state index contributed by atoms with van der Waals surface area (Å²) in [4.78, 5) is 0.317. The van der Waals surface area contributed by atoms with Crippen LogP contribution in [0.1, 0.15) is 16.7 Å². The van der Waals surface area contributed by atoms with Crippen molar-refractivity contribution in [3.05, 3.63) is 59.2 Å². The normalized spacial score (nSPS) is 11.1. The second-order valence-corrected chi connectivity index (χ2v) is 7.91. The van der Waals surface area contributed by atoms with Crippen LogP contribution >= 0.6 is 12.2 Å². The third-order valence-corrected chi connectivity index (χ3v) is 4.90. The number of sulfone groups is 1. The Bertz CT molecular complexity index is 793. The number of aryl methyl sites for hydroxylation is 2. The predicted octanol–water partition coefficient (Wildman–Crippen LogP) is 3.19. The van der Waals surface area contributed by atoms with Gasteiger partial charge in [-0.1, -0.05) is 30.3 Å². The minimum absolute atomic E-state index is 0.317. The van der Waals surface area contributed by atoms with Gasteiger partial charge in [0.2, 0.25) is 0 Å². The molecule has 0 atom stereocenters. The van der Waals surface area contributed by atoms with Crippen LogP contribution < -0.4 is 10.6 Å². The third kappa shape index (κ3) is 4.77. The van der Waals surface area contributed by atoms with Crippen molar-refractivity contribution >= 4 is 32.9 Å².